The van der Waals surface area contributed by atoms with Crippen LogP contribution in [-0.4, -0.2) is 17.8 Å². The molecule has 0 saturated heterocycles. The molecule has 0 aliphatic heterocycles. The third-order valence-corrected chi connectivity index (χ3v) is 3.15. The van der Waals surface area contributed by atoms with Gasteiger partial charge < -0.3 is 10.4 Å². The van der Waals surface area contributed by atoms with Gasteiger partial charge in [-0.2, -0.15) is 0 Å². The SMILES string of the molecule is CCCC(NC(C)CCO)c1ccc(Cl)cc1. The lowest BCUT2D eigenvalue weighted by Crippen LogP contribution is -2.31. The van der Waals surface area contributed by atoms with Crippen LogP contribution in [0.5, 0.6) is 0 Å². The first-order valence-corrected chi connectivity index (χ1v) is 6.67. The minimum atomic E-state index is 0.230. The Morgan fingerprint density at radius 1 is 1.24 bits per heavy atom. The van der Waals surface area contributed by atoms with Gasteiger partial charge in [0, 0.05) is 23.7 Å². The lowest BCUT2D eigenvalue weighted by molar-refractivity contribution is 0.261. The van der Waals surface area contributed by atoms with E-state index in [0.717, 1.165) is 24.3 Å². The lowest BCUT2D eigenvalue weighted by Gasteiger charge is -2.23. The van der Waals surface area contributed by atoms with Crippen LogP contribution in [0.4, 0.5) is 0 Å². The minimum Gasteiger partial charge on any atom is -0.396 e. The van der Waals surface area contributed by atoms with Crippen molar-refractivity contribution >= 4 is 11.6 Å². The van der Waals surface area contributed by atoms with Gasteiger partial charge in [0.05, 0.1) is 0 Å². The number of halogens is 1. The Kier molecular flexibility index (Phi) is 6.56. The zero-order valence-electron chi connectivity index (χ0n) is 10.6. The number of nitrogens with one attached hydrogen (secondary N) is 1. The second-order valence-electron chi connectivity index (χ2n) is 4.47. The van der Waals surface area contributed by atoms with Gasteiger partial charge in [0.15, 0.2) is 0 Å². The van der Waals surface area contributed by atoms with Gasteiger partial charge >= 0.3 is 0 Å². The summed E-state index contributed by atoms with van der Waals surface area (Å²) < 4.78 is 0. The van der Waals surface area contributed by atoms with Crippen molar-refractivity contribution < 1.29 is 5.11 Å². The van der Waals surface area contributed by atoms with Crippen molar-refractivity contribution in [3.05, 3.63) is 34.9 Å². The van der Waals surface area contributed by atoms with Gasteiger partial charge in [-0.25, -0.2) is 0 Å². The van der Waals surface area contributed by atoms with E-state index in [1.165, 1.54) is 5.56 Å². The van der Waals surface area contributed by atoms with Gasteiger partial charge in [-0.1, -0.05) is 37.1 Å². The Balaban J connectivity index is 2.67. The third kappa shape index (κ3) is 5.07. The van der Waals surface area contributed by atoms with Crippen molar-refractivity contribution in [3.8, 4) is 0 Å². The van der Waals surface area contributed by atoms with Crippen molar-refractivity contribution in [2.45, 2.75) is 45.2 Å². The van der Waals surface area contributed by atoms with E-state index in [9.17, 15) is 0 Å². The van der Waals surface area contributed by atoms with Crippen LogP contribution in [0, 0.1) is 0 Å². The van der Waals surface area contributed by atoms with E-state index >= 15 is 0 Å². The molecular formula is C14H22ClNO. The zero-order chi connectivity index (χ0) is 12.7. The molecule has 0 aliphatic rings. The predicted octanol–water partition coefficient (Wildman–Crippen LogP) is 3.54. The number of benzene rings is 1. The fourth-order valence-corrected chi connectivity index (χ4v) is 2.08. The van der Waals surface area contributed by atoms with Crippen LogP contribution >= 0.6 is 11.6 Å². The summed E-state index contributed by atoms with van der Waals surface area (Å²) in [4.78, 5) is 0. The van der Waals surface area contributed by atoms with Gasteiger partial charge in [-0.05, 0) is 37.5 Å². The van der Waals surface area contributed by atoms with Crippen LogP contribution in [-0.2, 0) is 0 Å². The number of hydrogen-bond donors (Lipinski definition) is 2. The summed E-state index contributed by atoms with van der Waals surface area (Å²) in [7, 11) is 0. The van der Waals surface area contributed by atoms with Gasteiger partial charge in [0.25, 0.3) is 0 Å². The van der Waals surface area contributed by atoms with Crippen LogP contribution in [0.1, 0.15) is 44.7 Å². The summed E-state index contributed by atoms with van der Waals surface area (Å²) >= 11 is 5.90. The average Bonchev–Trinajstić information content (AvgIpc) is 2.30. The maximum absolute atomic E-state index is 8.93. The highest BCUT2D eigenvalue weighted by molar-refractivity contribution is 6.30. The van der Waals surface area contributed by atoms with E-state index in [0.29, 0.717) is 12.1 Å². The summed E-state index contributed by atoms with van der Waals surface area (Å²) in [6.07, 6.45) is 3.01. The minimum absolute atomic E-state index is 0.230. The van der Waals surface area contributed by atoms with Crippen LogP contribution in [0.3, 0.4) is 0 Å². The second-order valence-corrected chi connectivity index (χ2v) is 4.91. The van der Waals surface area contributed by atoms with Crippen LogP contribution < -0.4 is 5.32 Å². The summed E-state index contributed by atoms with van der Waals surface area (Å²) in [6, 6.07) is 8.67. The van der Waals surface area contributed by atoms with E-state index in [2.05, 4.69) is 31.3 Å². The van der Waals surface area contributed by atoms with Gasteiger partial charge in [0.1, 0.15) is 0 Å². The first kappa shape index (κ1) is 14.5. The standard InChI is InChI=1S/C14H22ClNO/c1-3-4-14(16-11(2)9-10-17)12-5-7-13(15)8-6-12/h5-8,11,14,16-17H,3-4,9-10H2,1-2H3. The molecule has 2 unspecified atom stereocenters. The molecule has 0 aromatic heterocycles. The Morgan fingerprint density at radius 2 is 1.88 bits per heavy atom. The molecule has 0 bridgehead atoms. The molecule has 96 valence electrons. The van der Waals surface area contributed by atoms with Crippen molar-refractivity contribution in [1.82, 2.24) is 5.32 Å². The number of aliphatic hydroxyl groups excluding tert-OH is 1. The van der Waals surface area contributed by atoms with Gasteiger partial charge in [0.2, 0.25) is 0 Å². The maximum Gasteiger partial charge on any atom is 0.0445 e. The molecule has 3 heteroatoms. The number of rotatable bonds is 7. The molecule has 0 radical (unpaired) electrons. The summed E-state index contributed by atoms with van der Waals surface area (Å²) in [6.45, 7) is 4.52. The summed E-state index contributed by atoms with van der Waals surface area (Å²) in [5.41, 5.74) is 1.26. The summed E-state index contributed by atoms with van der Waals surface area (Å²) in [5, 5.41) is 13.3. The molecule has 0 heterocycles. The Hall–Kier alpha value is -0.570. The van der Waals surface area contributed by atoms with E-state index in [1.807, 2.05) is 12.1 Å². The third-order valence-electron chi connectivity index (χ3n) is 2.90. The molecule has 17 heavy (non-hydrogen) atoms. The molecule has 0 fully saturated rings. The molecule has 0 amide bonds. The zero-order valence-corrected chi connectivity index (χ0v) is 11.4. The van der Waals surface area contributed by atoms with Gasteiger partial charge in [-0.3, -0.25) is 0 Å². The highest BCUT2D eigenvalue weighted by atomic mass is 35.5. The normalized spacial score (nSPS) is 14.6. The van der Waals surface area contributed by atoms with Crippen LogP contribution in [0.2, 0.25) is 5.02 Å². The molecule has 2 N–H and O–H groups in total. The smallest absolute Gasteiger partial charge is 0.0445 e. The van der Waals surface area contributed by atoms with Crippen molar-refractivity contribution in [1.29, 1.82) is 0 Å². The topological polar surface area (TPSA) is 32.3 Å². The molecule has 1 aromatic rings. The lowest BCUT2D eigenvalue weighted by atomic mass is 10.0. The quantitative estimate of drug-likeness (QED) is 0.781. The predicted molar refractivity (Wildman–Crippen MR) is 73.4 cm³/mol. The highest BCUT2D eigenvalue weighted by Crippen LogP contribution is 2.21. The highest BCUT2D eigenvalue weighted by Gasteiger charge is 2.13. The van der Waals surface area contributed by atoms with Crippen LogP contribution in [0.15, 0.2) is 24.3 Å². The molecule has 0 saturated carbocycles. The van der Waals surface area contributed by atoms with E-state index in [1.54, 1.807) is 0 Å². The molecule has 2 nitrogen and oxygen atoms in total. The fourth-order valence-electron chi connectivity index (χ4n) is 1.95. The molecule has 0 aliphatic carbocycles. The summed E-state index contributed by atoms with van der Waals surface area (Å²) in [5.74, 6) is 0. The first-order chi connectivity index (χ1) is 8.17. The molecule has 2 atom stereocenters. The number of aliphatic hydroxyl groups is 1. The fraction of sp³-hybridized carbons (Fsp3) is 0.571. The second kappa shape index (κ2) is 7.70. The maximum atomic E-state index is 8.93. The van der Waals surface area contributed by atoms with Crippen molar-refractivity contribution in [2.24, 2.45) is 0 Å². The van der Waals surface area contributed by atoms with E-state index < -0.39 is 0 Å². The number of hydrogen-bond acceptors (Lipinski definition) is 2. The molecule has 1 rings (SSSR count). The van der Waals surface area contributed by atoms with Crippen molar-refractivity contribution in [2.75, 3.05) is 6.61 Å². The Labute approximate surface area is 109 Å². The van der Waals surface area contributed by atoms with Crippen molar-refractivity contribution in [3.63, 3.8) is 0 Å². The first-order valence-electron chi connectivity index (χ1n) is 6.29. The molecule has 0 spiro atoms. The largest absolute Gasteiger partial charge is 0.396 e. The molecular weight excluding hydrogens is 234 g/mol. The Bertz CT molecular complexity index is 313. The van der Waals surface area contributed by atoms with Gasteiger partial charge in [-0.15, -0.1) is 0 Å². The van der Waals surface area contributed by atoms with E-state index in [4.69, 9.17) is 16.7 Å². The van der Waals surface area contributed by atoms with Crippen LogP contribution in [0.25, 0.3) is 0 Å². The molecule has 1 aromatic carbocycles. The monoisotopic (exact) mass is 255 g/mol. The average molecular weight is 256 g/mol. The van der Waals surface area contributed by atoms with E-state index in [-0.39, 0.29) is 6.61 Å². The Morgan fingerprint density at radius 3 is 2.41 bits per heavy atom.